The van der Waals surface area contributed by atoms with Gasteiger partial charge in [0.05, 0.1) is 7.11 Å². The van der Waals surface area contributed by atoms with Crippen molar-refractivity contribution in [3.8, 4) is 5.75 Å². The summed E-state index contributed by atoms with van der Waals surface area (Å²) >= 11 is 0. The van der Waals surface area contributed by atoms with Gasteiger partial charge in [-0.2, -0.15) is 0 Å². The molecule has 0 amide bonds. The molecule has 1 rings (SSSR count). The minimum atomic E-state index is -0.737. The number of ether oxygens (including phenoxy) is 2. The van der Waals surface area contributed by atoms with Crippen LogP contribution in [0.25, 0.3) is 0 Å². The minimum absolute atomic E-state index is 0.0997. The lowest BCUT2D eigenvalue weighted by Crippen LogP contribution is -2.35. The van der Waals surface area contributed by atoms with Crippen LogP contribution >= 0.6 is 0 Å². The number of methoxy groups -OCH3 is 1. The Morgan fingerprint density at radius 1 is 1.40 bits per heavy atom. The maximum atomic E-state index is 13.4. The SMILES string of the molecule is COC(=O)C(C)Oc1ccc(F)cc1CNC(C)(C)C. The number of carbonyl (C=O) groups is 1. The minimum Gasteiger partial charge on any atom is -0.479 e. The summed E-state index contributed by atoms with van der Waals surface area (Å²) in [4.78, 5) is 11.4. The zero-order valence-corrected chi connectivity index (χ0v) is 12.6. The monoisotopic (exact) mass is 283 g/mol. The summed E-state index contributed by atoms with van der Waals surface area (Å²) in [6, 6.07) is 4.23. The quantitative estimate of drug-likeness (QED) is 0.844. The molecule has 20 heavy (non-hydrogen) atoms. The molecule has 1 unspecified atom stereocenters. The number of halogens is 1. The van der Waals surface area contributed by atoms with Crippen LogP contribution in [-0.2, 0) is 16.1 Å². The van der Waals surface area contributed by atoms with Gasteiger partial charge in [-0.1, -0.05) is 0 Å². The van der Waals surface area contributed by atoms with Gasteiger partial charge in [0.25, 0.3) is 0 Å². The fourth-order valence-corrected chi connectivity index (χ4v) is 1.57. The topological polar surface area (TPSA) is 47.6 Å². The summed E-state index contributed by atoms with van der Waals surface area (Å²) < 4.78 is 23.5. The fraction of sp³-hybridized carbons (Fsp3) is 0.533. The molecule has 4 nitrogen and oxygen atoms in total. The Labute approximate surface area is 119 Å². The Balaban J connectivity index is 2.87. The Morgan fingerprint density at radius 2 is 2.05 bits per heavy atom. The van der Waals surface area contributed by atoms with E-state index in [1.54, 1.807) is 6.92 Å². The first-order valence-corrected chi connectivity index (χ1v) is 6.51. The highest BCUT2D eigenvalue weighted by Crippen LogP contribution is 2.22. The summed E-state index contributed by atoms with van der Waals surface area (Å²) in [5, 5.41) is 3.26. The first-order valence-electron chi connectivity index (χ1n) is 6.51. The Morgan fingerprint density at radius 3 is 2.60 bits per heavy atom. The maximum absolute atomic E-state index is 13.4. The van der Waals surface area contributed by atoms with E-state index in [0.29, 0.717) is 17.9 Å². The van der Waals surface area contributed by atoms with Crippen LogP contribution in [0.4, 0.5) is 4.39 Å². The Hall–Kier alpha value is -1.62. The van der Waals surface area contributed by atoms with Gasteiger partial charge in [-0.05, 0) is 45.9 Å². The first-order chi connectivity index (χ1) is 9.23. The number of rotatable bonds is 5. The summed E-state index contributed by atoms with van der Waals surface area (Å²) in [5.74, 6) is -0.334. The highest BCUT2D eigenvalue weighted by Gasteiger charge is 2.18. The van der Waals surface area contributed by atoms with Crippen molar-refractivity contribution in [3.63, 3.8) is 0 Å². The molecule has 0 bridgehead atoms. The second-order valence-electron chi connectivity index (χ2n) is 5.64. The van der Waals surface area contributed by atoms with Crippen molar-refractivity contribution >= 4 is 5.97 Å². The van der Waals surface area contributed by atoms with Gasteiger partial charge < -0.3 is 14.8 Å². The third-order valence-corrected chi connectivity index (χ3v) is 2.67. The summed E-state index contributed by atoms with van der Waals surface area (Å²) in [6.07, 6.45) is -0.737. The normalized spacial score (nSPS) is 12.9. The predicted octanol–water partition coefficient (Wildman–Crippen LogP) is 2.65. The highest BCUT2D eigenvalue weighted by atomic mass is 19.1. The Bertz CT molecular complexity index is 469. The molecule has 0 heterocycles. The lowest BCUT2D eigenvalue weighted by atomic mass is 10.1. The first kappa shape index (κ1) is 16.4. The maximum Gasteiger partial charge on any atom is 0.346 e. The molecule has 0 aromatic heterocycles. The van der Waals surface area contributed by atoms with E-state index in [2.05, 4.69) is 10.1 Å². The zero-order chi connectivity index (χ0) is 15.3. The molecule has 5 heteroatoms. The molecule has 0 aliphatic carbocycles. The van der Waals surface area contributed by atoms with Crippen LogP contribution in [0.5, 0.6) is 5.75 Å². The number of hydrogen-bond acceptors (Lipinski definition) is 4. The second-order valence-corrected chi connectivity index (χ2v) is 5.64. The fourth-order valence-electron chi connectivity index (χ4n) is 1.57. The van der Waals surface area contributed by atoms with Gasteiger partial charge in [0.15, 0.2) is 6.10 Å². The average molecular weight is 283 g/mol. The third kappa shape index (κ3) is 5.17. The van der Waals surface area contributed by atoms with Crippen LogP contribution in [0.2, 0.25) is 0 Å². The molecule has 1 N–H and O–H groups in total. The molecular weight excluding hydrogens is 261 g/mol. The van der Waals surface area contributed by atoms with Crippen LogP contribution in [0, 0.1) is 5.82 Å². The summed E-state index contributed by atoms with van der Waals surface area (Å²) in [6.45, 7) is 8.10. The summed E-state index contributed by atoms with van der Waals surface area (Å²) in [7, 11) is 1.30. The molecule has 112 valence electrons. The van der Waals surface area contributed by atoms with Crippen molar-refractivity contribution in [2.24, 2.45) is 0 Å². The van der Waals surface area contributed by atoms with Gasteiger partial charge in [0.1, 0.15) is 11.6 Å². The van der Waals surface area contributed by atoms with Gasteiger partial charge in [-0.3, -0.25) is 0 Å². The third-order valence-electron chi connectivity index (χ3n) is 2.67. The lowest BCUT2D eigenvalue weighted by Gasteiger charge is -2.22. The molecular formula is C15H22FNO3. The molecule has 0 aliphatic rings. The molecule has 0 saturated carbocycles. The average Bonchev–Trinajstić information content (AvgIpc) is 2.36. The predicted molar refractivity (Wildman–Crippen MR) is 75.1 cm³/mol. The van der Waals surface area contributed by atoms with Crippen LogP contribution in [-0.4, -0.2) is 24.7 Å². The van der Waals surface area contributed by atoms with Gasteiger partial charge in [-0.15, -0.1) is 0 Å². The molecule has 0 spiro atoms. The highest BCUT2D eigenvalue weighted by molar-refractivity contribution is 5.74. The second kappa shape index (κ2) is 6.70. The summed E-state index contributed by atoms with van der Waals surface area (Å²) in [5.41, 5.74) is 0.563. The van der Waals surface area contributed by atoms with Crippen LogP contribution in [0.15, 0.2) is 18.2 Å². The van der Waals surface area contributed by atoms with E-state index >= 15 is 0 Å². The lowest BCUT2D eigenvalue weighted by molar-refractivity contribution is -0.147. The van der Waals surface area contributed by atoms with E-state index in [1.165, 1.54) is 25.3 Å². The number of esters is 1. The van der Waals surface area contributed by atoms with Gasteiger partial charge >= 0.3 is 5.97 Å². The molecule has 0 radical (unpaired) electrons. The van der Waals surface area contributed by atoms with E-state index < -0.39 is 12.1 Å². The molecule has 1 atom stereocenters. The number of nitrogens with one attached hydrogen (secondary N) is 1. The largest absolute Gasteiger partial charge is 0.479 e. The smallest absolute Gasteiger partial charge is 0.346 e. The molecule has 0 saturated heterocycles. The van der Waals surface area contributed by atoms with Gasteiger partial charge in [0.2, 0.25) is 0 Å². The van der Waals surface area contributed by atoms with Crippen molar-refractivity contribution in [3.05, 3.63) is 29.6 Å². The van der Waals surface area contributed by atoms with Crippen molar-refractivity contribution < 1.29 is 18.7 Å². The van der Waals surface area contributed by atoms with Crippen LogP contribution in [0.1, 0.15) is 33.3 Å². The number of carbonyl (C=O) groups excluding carboxylic acids is 1. The number of hydrogen-bond donors (Lipinski definition) is 1. The van der Waals surface area contributed by atoms with Crippen molar-refractivity contribution in [2.45, 2.75) is 45.9 Å². The molecule has 0 aliphatic heterocycles. The van der Waals surface area contributed by atoms with Crippen molar-refractivity contribution in [1.82, 2.24) is 5.32 Å². The van der Waals surface area contributed by atoms with Gasteiger partial charge in [-0.25, -0.2) is 9.18 Å². The molecule has 0 fully saturated rings. The number of benzene rings is 1. The van der Waals surface area contributed by atoms with Gasteiger partial charge in [0, 0.05) is 17.6 Å². The van der Waals surface area contributed by atoms with Crippen molar-refractivity contribution in [2.75, 3.05) is 7.11 Å². The van der Waals surface area contributed by atoms with E-state index in [-0.39, 0.29) is 11.4 Å². The van der Waals surface area contributed by atoms with E-state index in [9.17, 15) is 9.18 Å². The molecule has 1 aromatic carbocycles. The van der Waals surface area contributed by atoms with Crippen LogP contribution in [0.3, 0.4) is 0 Å². The standard InChI is InChI=1S/C15H22FNO3/c1-10(14(18)19-5)20-13-7-6-12(16)8-11(13)9-17-15(2,3)4/h6-8,10,17H,9H2,1-5H3. The van der Waals surface area contributed by atoms with E-state index in [0.717, 1.165) is 0 Å². The van der Waals surface area contributed by atoms with E-state index in [1.807, 2.05) is 20.8 Å². The molecule has 1 aromatic rings. The van der Waals surface area contributed by atoms with E-state index in [4.69, 9.17) is 4.74 Å². The zero-order valence-electron chi connectivity index (χ0n) is 12.6. The Kier molecular flexibility index (Phi) is 5.51. The van der Waals surface area contributed by atoms with Crippen LogP contribution < -0.4 is 10.1 Å². The van der Waals surface area contributed by atoms with Crippen molar-refractivity contribution in [1.29, 1.82) is 0 Å².